The van der Waals surface area contributed by atoms with Crippen molar-refractivity contribution in [2.24, 2.45) is 4.99 Å². The summed E-state index contributed by atoms with van der Waals surface area (Å²) in [5.41, 5.74) is 3.65. The van der Waals surface area contributed by atoms with Crippen LogP contribution in [0.15, 0.2) is 59.6 Å². The van der Waals surface area contributed by atoms with Crippen LogP contribution in [0.1, 0.15) is 25.0 Å². The molecule has 0 saturated carbocycles. The van der Waals surface area contributed by atoms with E-state index in [9.17, 15) is 0 Å². The molecule has 0 bridgehead atoms. The van der Waals surface area contributed by atoms with Gasteiger partial charge in [-0.15, -0.1) is 0 Å². The molecule has 3 aromatic rings. The van der Waals surface area contributed by atoms with Crippen LogP contribution in [-0.2, 0) is 5.41 Å². The average Bonchev–Trinajstić information content (AvgIpc) is 2.82. The van der Waals surface area contributed by atoms with Crippen molar-refractivity contribution in [3.63, 3.8) is 0 Å². The van der Waals surface area contributed by atoms with E-state index in [4.69, 9.17) is 9.73 Å². The Bertz CT molecular complexity index is 1050. The smallest absolute Gasteiger partial charge is 0.226 e. The molecular weight excluding hydrogens is 308 g/mol. The largest absolute Gasteiger partial charge is 0.460 e. The topological polar surface area (TPSA) is 33.6 Å². The molecule has 0 radical (unpaired) electrons. The van der Waals surface area contributed by atoms with Crippen LogP contribution in [0, 0.1) is 6.92 Å². The van der Waals surface area contributed by atoms with Gasteiger partial charge in [0, 0.05) is 11.1 Å². The van der Waals surface area contributed by atoms with Gasteiger partial charge in [0.2, 0.25) is 5.72 Å². The number of anilines is 1. The normalized spacial score (nSPS) is 22.4. The van der Waals surface area contributed by atoms with Gasteiger partial charge in [-0.3, -0.25) is 4.99 Å². The Morgan fingerprint density at radius 2 is 1.84 bits per heavy atom. The van der Waals surface area contributed by atoms with Crippen molar-refractivity contribution >= 4 is 28.4 Å². The molecule has 2 aliphatic heterocycles. The summed E-state index contributed by atoms with van der Waals surface area (Å²) >= 11 is 0. The summed E-state index contributed by atoms with van der Waals surface area (Å²) in [6, 6.07) is 18.9. The minimum atomic E-state index is -0.668. The molecule has 1 spiro atoms. The number of rotatable bonds is 0. The zero-order valence-corrected chi connectivity index (χ0v) is 14.6. The summed E-state index contributed by atoms with van der Waals surface area (Å²) in [4.78, 5) is 4.85. The van der Waals surface area contributed by atoms with Crippen molar-refractivity contribution < 1.29 is 4.74 Å². The van der Waals surface area contributed by atoms with Crippen molar-refractivity contribution in [3.05, 3.63) is 65.7 Å². The number of nitrogens with one attached hydrogen (secondary N) is 1. The number of ether oxygens (including phenoxy) is 1. The van der Waals surface area contributed by atoms with Gasteiger partial charge in [-0.25, -0.2) is 0 Å². The van der Waals surface area contributed by atoms with E-state index in [1.165, 1.54) is 16.5 Å². The molecule has 0 amide bonds. The molecule has 3 heteroatoms. The second kappa shape index (κ2) is 4.63. The minimum absolute atomic E-state index is 0.235. The molecule has 25 heavy (non-hydrogen) atoms. The SMILES string of the molecule is Cc1ccc2c(c1)C(C)(C)C1(C=Nc3c(ccc4ccccc34)O1)N2. The lowest BCUT2D eigenvalue weighted by Gasteiger charge is -2.40. The summed E-state index contributed by atoms with van der Waals surface area (Å²) in [6.07, 6.45) is 1.94. The van der Waals surface area contributed by atoms with Crippen molar-refractivity contribution in [2.45, 2.75) is 31.9 Å². The Kier molecular flexibility index (Phi) is 2.69. The molecule has 2 heterocycles. The maximum absolute atomic E-state index is 6.57. The fraction of sp³-hybridized carbons (Fsp3) is 0.227. The number of nitrogens with zero attached hydrogens (tertiary/aromatic N) is 1. The first-order valence-electron chi connectivity index (χ1n) is 8.65. The van der Waals surface area contributed by atoms with Gasteiger partial charge in [-0.1, -0.05) is 48.0 Å². The van der Waals surface area contributed by atoms with Crippen molar-refractivity contribution in [1.82, 2.24) is 0 Å². The fourth-order valence-corrected chi connectivity index (χ4v) is 3.99. The van der Waals surface area contributed by atoms with Gasteiger partial charge in [-0.05, 0) is 43.9 Å². The first-order valence-corrected chi connectivity index (χ1v) is 8.65. The molecule has 1 unspecified atom stereocenters. The zero-order valence-electron chi connectivity index (χ0n) is 14.6. The van der Waals surface area contributed by atoms with Crippen LogP contribution in [0.5, 0.6) is 5.75 Å². The molecule has 1 N–H and O–H groups in total. The fourth-order valence-electron chi connectivity index (χ4n) is 3.99. The Labute approximate surface area is 147 Å². The highest BCUT2D eigenvalue weighted by molar-refractivity contribution is 5.99. The highest BCUT2D eigenvalue weighted by Gasteiger charge is 2.55. The number of fused-ring (bicyclic) bond motifs is 4. The Morgan fingerprint density at radius 1 is 1.00 bits per heavy atom. The van der Waals surface area contributed by atoms with Gasteiger partial charge in [0.25, 0.3) is 0 Å². The lowest BCUT2D eigenvalue weighted by Crippen LogP contribution is -2.56. The molecule has 0 aromatic heterocycles. The van der Waals surface area contributed by atoms with Gasteiger partial charge in [0.15, 0.2) is 0 Å². The molecule has 5 rings (SSSR count). The maximum Gasteiger partial charge on any atom is 0.226 e. The number of hydrogen-bond acceptors (Lipinski definition) is 3. The van der Waals surface area contributed by atoms with Crippen LogP contribution >= 0.6 is 0 Å². The average molecular weight is 328 g/mol. The molecule has 1 atom stereocenters. The van der Waals surface area contributed by atoms with Crippen LogP contribution in [0.3, 0.4) is 0 Å². The van der Waals surface area contributed by atoms with Crippen LogP contribution in [-0.4, -0.2) is 11.9 Å². The molecule has 2 aliphatic rings. The second-order valence-corrected chi connectivity index (χ2v) is 7.53. The lowest BCUT2D eigenvalue weighted by atomic mass is 9.77. The monoisotopic (exact) mass is 328 g/mol. The van der Waals surface area contributed by atoms with Crippen LogP contribution in [0.2, 0.25) is 0 Å². The van der Waals surface area contributed by atoms with E-state index in [-0.39, 0.29) is 5.41 Å². The van der Waals surface area contributed by atoms with Crippen LogP contribution in [0.4, 0.5) is 11.4 Å². The van der Waals surface area contributed by atoms with Gasteiger partial charge in [0.1, 0.15) is 11.4 Å². The molecular formula is C22H20N2O. The van der Waals surface area contributed by atoms with E-state index in [0.717, 1.165) is 22.5 Å². The lowest BCUT2D eigenvalue weighted by molar-refractivity contribution is 0.107. The highest BCUT2D eigenvalue weighted by Crippen LogP contribution is 2.51. The van der Waals surface area contributed by atoms with E-state index < -0.39 is 5.72 Å². The van der Waals surface area contributed by atoms with Gasteiger partial charge < -0.3 is 10.1 Å². The first kappa shape index (κ1) is 14.5. The molecule has 124 valence electrons. The summed E-state index contributed by atoms with van der Waals surface area (Å²) in [5, 5.41) is 5.88. The molecule has 0 saturated heterocycles. The number of hydrogen-bond donors (Lipinski definition) is 1. The van der Waals surface area contributed by atoms with Crippen LogP contribution < -0.4 is 10.1 Å². The summed E-state index contributed by atoms with van der Waals surface area (Å²) < 4.78 is 6.57. The quantitative estimate of drug-likeness (QED) is 0.604. The third kappa shape index (κ3) is 1.84. The number of aliphatic imine (C=N–C) groups is 1. The summed E-state index contributed by atoms with van der Waals surface area (Å²) in [5.74, 6) is 0.825. The molecule has 0 fully saturated rings. The predicted octanol–water partition coefficient (Wildman–Crippen LogP) is 5.34. The number of aryl methyl sites for hydroxylation is 1. The summed E-state index contributed by atoms with van der Waals surface area (Å²) in [7, 11) is 0. The van der Waals surface area contributed by atoms with Crippen LogP contribution in [0.25, 0.3) is 10.8 Å². The summed E-state index contributed by atoms with van der Waals surface area (Å²) in [6.45, 7) is 6.55. The zero-order chi connectivity index (χ0) is 17.2. The third-order valence-corrected chi connectivity index (χ3v) is 5.61. The van der Waals surface area contributed by atoms with E-state index in [0.29, 0.717) is 0 Å². The van der Waals surface area contributed by atoms with E-state index in [1.807, 2.05) is 24.4 Å². The van der Waals surface area contributed by atoms with E-state index in [1.54, 1.807) is 0 Å². The van der Waals surface area contributed by atoms with Gasteiger partial charge >= 0.3 is 0 Å². The Balaban J connectivity index is 1.67. The first-order chi connectivity index (χ1) is 12.0. The van der Waals surface area contributed by atoms with E-state index in [2.05, 4.69) is 62.5 Å². The van der Waals surface area contributed by atoms with Crippen molar-refractivity contribution in [2.75, 3.05) is 5.32 Å². The second-order valence-electron chi connectivity index (χ2n) is 7.53. The van der Waals surface area contributed by atoms with Gasteiger partial charge in [-0.2, -0.15) is 0 Å². The molecule has 0 aliphatic carbocycles. The third-order valence-electron chi connectivity index (χ3n) is 5.61. The van der Waals surface area contributed by atoms with Crippen molar-refractivity contribution in [3.8, 4) is 5.75 Å². The number of benzene rings is 3. The highest BCUT2D eigenvalue weighted by atomic mass is 16.5. The molecule has 3 aromatic carbocycles. The predicted molar refractivity (Wildman–Crippen MR) is 103 cm³/mol. The van der Waals surface area contributed by atoms with Crippen molar-refractivity contribution in [1.29, 1.82) is 0 Å². The Morgan fingerprint density at radius 3 is 2.72 bits per heavy atom. The Hall–Kier alpha value is -2.81. The standard InChI is InChI=1S/C22H20N2O/c1-14-8-10-18-17(12-14)21(2,3)22(24-18)13-23-20-16-7-5-4-6-15(16)9-11-19(20)25-22/h4-13,24H,1-3H3. The minimum Gasteiger partial charge on any atom is -0.460 e. The molecule has 3 nitrogen and oxygen atoms in total. The van der Waals surface area contributed by atoms with E-state index >= 15 is 0 Å². The maximum atomic E-state index is 6.57. The van der Waals surface area contributed by atoms with Gasteiger partial charge in [0.05, 0.1) is 11.6 Å².